The van der Waals surface area contributed by atoms with Gasteiger partial charge in [0.05, 0.1) is 6.54 Å². The minimum atomic E-state index is -0.808. The summed E-state index contributed by atoms with van der Waals surface area (Å²) in [6.07, 6.45) is 0.620. The van der Waals surface area contributed by atoms with E-state index in [0.29, 0.717) is 18.9 Å². The summed E-state index contributed by atoms with van der Waals surface area (Å²) in [5, 5.41) is 12.0. The SMILES string of the molecule is Cc1ccc(CN[C@@H](CC(C)C)C(=O)O)o1. The molecule has 0 aliphatic carbocycles. The molecular weight excluding hydrogens is 206 g/mol. The number of nitrogens with one attached hydrogen (secondary N) is 1. The zero-order chi connectivity index (χ0) is 12.1. The van der Waals surface area contributed by atoms with Crippen LogP contribution in [-0.4, -0.2) is 17.1 Å². The first kappa shape index (κ1) is 12.8. The van der Waals surface area contributed by atoms with E-state index < -0.39 is 12.0 Å². The second-order valence-electron chi connectivity index (χ2n) is 4.41. The highest BCUT2D eigenvalue weighted by atomic mass is 16.4. The zero-order valence-electron chi connectivity index (χ0n) is 9.99. The number of furan rings is 1. The summed E-state index contributed by atoms with van der Waals surface area (Å²) in [5.41, 5.74) is 0. The van der Waals surface area contributed by atoms with Crippen LogP contribution >= 0.6 is 0 Å². The molecule has 0 unspecified atom stereocenters. The van der Waals surface area contributed by atoms with E-state index in [9.17, 15) is 4.79 Å². The Labute approximate surface area is 95.7 Å². The normalized spacial score (nSPS) is 13.0. The second kappa shape index (κ2) is 5.70. The fraction of sp³-hybridized carbons (Fsp3) is 0.583. The Balaban J connectivity index is 2.46. The average Bonchev–Trinajstić information content (AvgIpc) is 2.58. The van der Waals surface area contributed by atoms with Crippen LogP contribution in [0, 0.1) is 12.8 Å². The van der Waals surface area contributed by atoms with Crippen molar-refractivity contribution in [3.05, 3.63) is 23.7 Å². The minimum Gasteiger partial charge on any atom is -0.480 e. The maximum absolute atomic E-state index is 11.0. The van der Waals surface area contributed by atoms with Gasteiger partial charge in [0.2, 0.25) is 0 Å². The van der Waals surface area contributed by atoms with Crippen LogP contribution < -0.4 is 5.32 Å². The third-order valence-corrected chi connectivity index (χ3v) is 2.32. The summed E-state index contributed by atoms with van der Waals surface area (Å²) in [6, 6.07) is 3.22. The molecule has 0 bridgehead atoms. The maximum Gasteiger partial charge on any atom is 0.320 e. The van der Waals surface area contributed by atoms with Gasteiger partial charge >= 0.3 is 5.97 Å². The van der Waals surface area contributed by atoms with Gasteiger partial charge in [-0.3, -0.25) is 10.1 Å². The topological polar surface area (TPSA) is 62.5 Å². The van der Waals surface area contributed by atoms with Crippen molar-refractivity contribution in [2.24, 2.45) is 5.92 Å². The molecule has 4 nitrogen and oxygen atoms in total. The maximum atomic E-state index is 11.0. The molecule has 1 rings (SSSR count). The molecule has 0 spiro atoms. The van der Waals surface area contributed by atoms with Gasteiger partial charge in [0.25, 0.3) is 0 Å². The fourth-order valence-corrected chi connectivity index (χ4v) is 1.55. The number of aryl methyl sites for hydroxylation is 1. The molecule has 0 fully saturated rings. The number of hydrogen-bond donors (Lipinski definition) is 2. The van der Waals surface area contributed by atoms with Crippen molar-refractivity contribution >= 4 is 5.97 Å². The number of aliphatic carboxylic acids is 1. The summed E-state index contributed by atoms with van der Waals surface area (Å²) in [7, 11) is 0. The molecule has 0 aromatic carbocycles. The molecule has 2 N–H and O–H groups in total. The molecule has 0 aliphatic rings. The highest BCUT2D eigenvalue weighted by molar-refractivity contribution is 5.73. The Morgan fingerprint density at radius 1 is 1.50 bits per heavy atom. The van der Waals surface area contributed by atoms with E-state index in [1.54, 1.807) is 0 Å². The van der Waals surface area contributed by atoms with Crippen molar-refractivity contribution in [1.29, 1.82) is 0 Å². The number of rotatable bonds is 6. The minimum absolute atomic E-state index is 0.354. The van der Waals surface area contributed by atoms with Crippen molar-refractivity contribution in [2.45, 2.75) is 39.8 Å². The van der Waals surface area contributed by atoms with Crippen LogP contribution in [0.15, 0.2) is 16.5 Å². The van der Waals surface area contributed by atoms with Gasteiger partial charge in [-0.15, -0.1) is 0 Å². The van der Waals surface area contributed by atoms with E-state index in [2.05, 4.69) is 5.32 Å². The van der Waals surface area contributed by atoms with E-state index >= 15 is 0 Å². The molecule has 0 amide bonds. The molecule has 4 heteroatoms. The number of carbonyl (C=O) groups is 1. The monoisotopic (exact) mass is 225 g/mol. The van der Waals surface area contributed by atoms with E-state index in [1.807, 2.05) is 32.9 Å². The number of hydrogen-bond acceptors (Lipinski definition) is 3. The van der Waals surface area contributed by atoms with Crippen LogP contribution in [-0.2, 0) is 11.3 Å². The zero-order valence-corrected chi connectivity index (χ0v) is 9.99. The first-order valence-electron chi connectivity index (χ1n) is 5.50. The fourth-order valence-electron chi connectivity index (χ4n) is 1.55. The first-order chi connectivity index (χ1) is 7.49. The van der Waals surface area contributed by atoms with Crippen LogP contribution in [0.2, 0.25) is 0 Å². The quantitative estimate of drug-likeness (QED) is 0.779. The van der Waals surface area contributed by atoms with Crippen LogP contribution in [0.5, 0.6) is 0 Å². The predicted octanol–water partition coefficient (Wildman–Crippen LogP) is 2.18. The Morgan fingerprint density at radius 3 is 2.62 bits per heavy atom. The lowest BCUT2D eigenvalue weighted by molar-refractivity contribution is -0.140. The standard InChI is InChI=1S/C12H19NO3/c1-8(2)6-11(12(14)15)13-7-10-5-4-9(3)16-10/h4-5,8,11,13H,6-7H2,1-3H3,(H,14,15)/t11-/m0/s1. The van der Waals surface area contributed by atoms with Crippen molar-refractivity contribution in [3.8, 4) is 0 Å². The van der Waals surface area contributed by atoms with Crippen molar-refractivity contribution < 1.29 is 14.3 Å². The Kier molecular flexibility index (Phi) is 4.55. The van der Waals surface area contributed by atoms with Gasteiger partial charge in [0.1, 0.15) is 17.6 Å². The van der Waals surface area contributed by atoms with Crippen molar-refractivity contribution in [2.75, 3.05) is 0 Å². The van der Waals surface area contributed by atoms with Crippen molar-refractivity contribution in [3.63, 3.8) is 0 Å². The number of carboxylic acid groups (broad SMARTS) is 1. The van der Waals surface area contributed by atoms with Crippen LogP contribution in [0.4, 0.5) is 0 Å². The highest BCUT2D eigenvalue weighted by Gasteiger charge is 2.18. The van der Waals surface area contributed by atoms with E-state index in [-0.39, 0.29) is 0 Å². The van der Waals surface area contributed by atoms with Crippen LogP contribution in [0.3, 0.4) is 0 Å². The lowest BCUT2D eigenvalue weighted by atomic mass is 10.0. The first-order valence-corrected chi connectivity index (χ1v) is 5.50. The van der Waals surface area contributed by atoms with Crippen LogP contribution in [0.1, 0.15) is 31.8 Å². The van der Waals surface area contributed by atoms with Crippen LogP contribution in [0.25, 0.3) is 0 Å². The Bertz CT molecular complexity index is 344. The predicted molar refractivity (Wildman–Crippen MR) is 61.2 cm³/mol. The number of carboxylic acids is 1. The van der Waals surface area contributed by atoms with Gasteiger partial charge in [-0.1, -0.05) is 13.8 Å². The molecule has 0 saturated carbocycles. The highest BCUT2D eigenvalue weighted by Crippen LogP contribution is 2.09. The largest absolute Gasteiger partial charge is 0.480 e. The smallest absolute Gasteiger partial charge is 0.320 e. The summed E-state index contributed by atoms with van der Waals surface area (Å²) >= 11 is 0. The Morgan fingerprint density at radius 2 is 2.19 bits per heavy atom. The summed E-state index contributed by atoms with van der Waals surface area (Å²) < 4.78 is 5.36. The molecule has 90 valence electrons. The molecule has 16 heavy (non-hydrogen) atoms. The van der Waals surface area contributed by atoms with Gasteiger partial charge < -0.3 is 9.52 Å². The van der Waals surface area contributed by atoms with Gasteiger partial charge in [0, 0.05) is 0 Å². The summed E-state index contributed by atoms with van der Waals surface area (Å²) in [6.45, 7) is 6.34. The van der Waals surface area contributed by atoms with E-state index in [4.69, 9.17) is 9.52 Å². The molecule has 0 aliphatic heterocycles. The van der Waals surface area contributed by atoms with Gasteiger partial charge in [-0.05, 0) is 31.4 Å². The molecule has 1 heterocycles. The lowest BCUT2D eigenvalue weighted by Crippen LogP contribution is -2.37. The van der Waals surface area contributed by atoms with Gasteiger partial charge in [-0.25, -0.2) is 0 Å². The molecule has 0 radical (unpaired) electrons. The second-order valence-corrected chi connectivity index (χ2v) is 4.41. The van der Waals surface area contributed by atoms with Crippen molar-refractivity contribution in [1.82, 2.24) is 5.32 Å². The molecule has 1 aromatic heterocycles. The molecule has 0 saturated heterocycles. The third-order valence-electron chi connectivity index (χ3n) is 2.32. The summed E-state index contributed by atoms with van der Waals surface area (Å²) in [5.74, 6) is 1.16. The lowest BCUT2D eigenvalue weighted by Gasteiger charge is -2.15. The molecular formula is C12H19NO3. The van der Waals surface area contributed by atoms with Gasteiger partial charge in [0.15, 0.2) is 0 Å². The van der Waals surface area contributed by atoms with E-state index in [1.165, 1.54) is 0 Å². The average molecular weight is 225 g/mol. The summed E-state index contributed by atoms with van der Waals surface area (Å²) in [4.78, 5) is 11.0. The van der Waals surface area contributed by atoms with E-state index in [0.717, 1.165) is 11.5 Å². The third kappa shape index (κ3) is 4.06. The Hall–Kier alpha value is -1.29. The van der Waals surface area contributed by atoms with Gasteiger partial charge in [-0.2, -0.15) is 0 Å². The molecule has 1 aromatic rings. The molecule has 1 atom stereocenters.